The normalized spacial score (nSPS) is 19.3. The van der Waals surface area contributed by atoms with E-state index in [1.165, 1.54) is 25.0 Å². The Kier molecular flexibility index (Phi) is 6.48. The third-order valence-corrected chi connectivity index (χ3v) is 5.37. The molecule has 2 fully saturated rings. The number of hydrogen-bond acceptors (Lipinski definition) is 3. The van der Waals surface area contributed by atoms with Crippen LogP contribution in [0.25, 0.3) is 0 Å². The van der Waals surface area contributed by atoms with E-state index in [2.05, 4.69) is 4.90 Å². The van der Waals surface area contributed by atoms with Crippen LogP contribution in [-0.2, 0) is 4.79 Å². The van der Waals surface area contributed by atoms with Crippen LogP contribution in [0.4, 0.5) is 4.39 Å². The predicted octanol–water partition coefficient (Wildman–Crippen LogP) is 2.64. The molecule has 3 rings (SSSR count). The summed E-state index contributed by atoms with van der Waals surface area (Å²) in [6.45, 7) is 4.35. The van der Waals surface area contributed by atoms with Crippen molar-refractivity contribution < 1.29 is 14.0 Å². The first kappa shape index (κ1) is 19.1. The molecule has 2 aliphatic heterocycles. The largest absolute Gasteiger partial charge is 0.342 e. The topological polar surface area (TPSA) is 43.9 Å². The molecular formula is C19H25ClFN3O2. The van der Waals surface area contributed by atoms with Crippen LogP contribution in [0, 0.1) is 5.82 Å². The number of halogens is 2. The van der Waals surface area contributed by atoms with E-state index in [-0.39, 0.29) is 22.4 Å². The SMILES string of the molecule is O=C(CN1CCN(C(=O)c2ccc(Cl)cc2F)CC1)N1CCCCCC1. The summed E-state index contributed by atoms with van der Waals surface area (Å²) < 4.78 is 14.0. The van der Waals surface area contributed by atoms with Gasteiger partial charge >= 0.3 is 0 Å². The Bertz CT molecular complexity index is 654. The Balaban J connectivity index is 1.50. The highest BCUT2D eigenvalue weighted by atomic mass is 35.5. The van der Waals surface area contributed by atoms with Gasteiger partial charge in [0, 0.05) is 44.3 Å². The van der Waals surface area contributed by atoms with Gasteiger partial charge in [-0.25, -0.2) is 4.39 Å². The molecule has 0 aromatic heterocycles. The maximum absolute atomic E-state index is 14.0. The van der Waals surface area contributed by atoms with Gasteiger partial charge in [-0.05, 0) is 31.0 Å². The smallest absolute Gasteiger partial charge is 0.256 e. The van der Waals surface area contributed by atoms with Crippen molar-refractivity contribution in [2.75, 3.05) is 45.8 Å². The van der Waals surface area contributed by atoms with Crippen LogP contribution in [0.5, 0.6) is 0 Å². The van der Waals surface area contributed by atoms with E-state index in [1.54, 1.807) is 4.90 Å². The quantitative estimate of drug-likeness (QED) is 0.808. The number of amides is 2. The Hall–Kier alpha value is -1.66. The Morgan fingerprint density at radius 3 is 2.19 bits per heavy atom. The van der Waals surface area contributed by atoms with E-state index in [1.807, 2.05) is 4.90 Å². The zero-order chi connectivity index (χ0) is 18.5. The molecule has 2 aliphatic rings. The first-order chi connectivity index (χ1) is 12.5. The first-order valence-corrected chi connectivity index (χ1v) is 9.67. The highest BCUT2D eigenvalue weighted by Gasteiger charge is 2.26. The van der Waals surface area contributed by atoms with Gasteiger partial charge in [-0.15, -0.1) is 0 Å². The average Bonchev–Trinajstić information content (AvgIpc) is 2.91. The molecule has 26 heavy (non-hydrogen) atoms. The van der Waals surface area contributed by atoms with Crippen molar-refractivity contribution in [3.05, 3.63) is 34.6 Å². The molecule has 0 spiro atoms. The standard InChI is InChI=1S/C19H25ClFN3O2/c20-15-5-6-16(17(21)13-15)19(26)24-11-9-22(10-12-24)14-18(25)23-7-3-1-2-4-8-23/h5-6,13H,1-4,7-12,14H2. The number of piperazine rings is 1. The minimum atomic E-state index is -0.596. The third kappa shape index (κ3) is 4.74. The molecule has 0 N–H and O–H groups in total. The number of carbonyl (C=O) groups is 2. The molecule has 0 unspecified atom stereocenters. The second-order valence-corrected chi connectivity index (χ2v) is 7.42. The van der Waals surface area contributed by atoms with Crippen molar-refractivity contribution in [3.63, 3.8) is 0 Å². The molecule has 5 nitrogen and oxygen atoms in total. The van der Waals surface area contributed by atoms with Crippen molar-refractivity contribution in [3.8, 4) is 0 Å². The van der Waals surface area contributed by atoms with E-state index in [9.17, 15) is 14.0 Å². The molecule has 0 bridgehead atoms. The van der Waals surface area contributed by atoms with Crippen molar-refractivity contribution in [1.82, 2.24) is 14.7 Å². The summed E-state index contributed by atoms with van der Waals surface area (Å²) in [6, 6.07) is 4.11. The van der Waals surface area contributed by atoms with Gasteiger partial charge in [-0.3, -0.25) is 14.5 Å². The highest BCUT2D eigenvalue weighted by molar-refractivity contribution is 6.30. The maximum atomic E-state index is 14.0. The van der Waals surface area contributed by atoms with Crippen LogP contribution in [-0.4, -0.2) is 72.3 Å². The van der Waals surface area contributed by atoms with Gasteiger partial charge in [-0.2, -0.15) is 0 Å². The van der Waals surface area contributed by atoms with Gasteiger partial charge in [0.05, 0.1) is 12.1 Å². The minimum absolute atomic E-state index is 0.0449. The van der Waals surface area contributed by atoms with Gasteiger partial charge in [-0.1, -0.05) is 24.4 Å². The summed E-state index contributed by atoms with van der Waals surface area (Å²) in [5, 5.41) is 0.274. The molecule has 0 aliphatic carbocycles. The lowest BCUT2D eigenvalue weighted by molar-refractivity contribution is -0.132. The second kappa shape index (κ2) is 8.82. The van der Waals surface area contributed by atoms with Gasteiger partial charge in [0.1, 0.15) is 5.82 Å². The van der Waals surface area contributed by atoms with E-state index in [4.69, 9.17) is 11.6 Å². The van der Waals surface area contributed by atoms with Crippen LogP contribution >= 0.6 is 11.6 Å². The minimum Gasteiger partial charge on any atom is -0.342 e. The van der Waals surface area contributed by atoms with Gasteiger partial charge in [0.2, 0.25) is 5.91 Å². The van der Waals surface area contributed by atoms with Crippen LogP contribution < -0.4 is 0 Å². The number of rotatable bonds is 3. The summed E-state index contributed by atoms with van der Waals surface area (Å²) >= 11 is 5.74. The van der Waals surface area contributed by atoms with E-state index < -0.39 is 5.82 Å². The summed E-state index contributed by atoms with van der Waals surface area (Å²) in [7, 11) is 0. The number of nitrogens with zero attached hydrogens (tertiary/aromatic N) is 3. The van der Waals surface area contributed by atoms with E-state index >= 15 is 0 Å². The number of likely N-dealkylation sites (tertiary alicyclic amines) is 1. The monoisotopic (exact) mass is 381 g/mol. The lowest BCUT2D eigenvalue weighted by Crippen LogP contribution is -2.51. The Labute approximate surface area is 158 Å². The fourth-order valence-corrected chi connectivity index (χ4v) is 3.71. The fraction of sp³-hybridized carbons (Fsp3) is 0.579. The average molecular weight is 382 g/mol. The predicted molar refractivity (Wildman–Crippen MR) is 98.8 cm³/mol. The second-order valence-electron chi connectivity index (χ2n) is 6.99. The van der Waals surface area contributed by atoms with Crippen molar-refractivity contribution in [2.24, 2.45) is 0 Å². The molecule has 142 valence electrons. The van der Waals surface area contributed by atoms with Crippen molar-refractivity contribution in [2.45, 2.75) is 25.7 Å². The number of carbonyl (C=O) groups excluding carboxylic acids is 2. The molecule has 1 aromatic carbocycles. The maximum Gasteiger partial charge on any atom is 0.256 e. The van der Waals surface area contributed by atoms with Crippen LogP contribution in [0.3, 0.4) is 0 Å². The first-order valence-electron chi connectivity index (χ1n) is 9.29. The third-order valence-electron chi connectivity index (χ3n) is 5.14. The van der Waals surface area contributed by atoms with Crippen LogP contribution in [0.1, 0.15) is 36.0 Å². The van der Waals surface area contributed by atoms with Gasteiger partial charge in [0.25, 0.3) is 5.91 Å². The van der Waals surface area contributed by atoms with Crippen LogP contribution in [0.15, 0.2) is 18.2 Å². The Morgan fingerprint density at radius 2 is 1.58 bits per heavy atom. The Morgan fingerprint density at radius 1 is 0.923 bits per heavy atom. The lowest BCUT2D eigenvalue weighted by Gasteiger charge is -2.35. The lowest BCUT2D eigenvalue weighted by atomic mass is 10.1. The molecule has 2 amide bonds. The van der Waals surface area contributed by atoms with Gasteiger partial charge < -0.3 is 9.80 Å². The molecule has 0 radical (unpaired) electrons. The van der Waals surface area contributed by atoms with Crippen molar-refractivity contribution >= 4 is 23.4 Å². The summed E-state index contributed by atoms with van der Waals surface area (Å²) in [4.78, 5) is 30.7. The summed E-state index contributed by atoms with van der Waals surface area (Å²) in [6.07, 6.45) is 4.57. The molecule has 2 saturated heterocycles. The molecule has 1 aromatic rings. The molecule has 2 heterocycles. The highest BCUT2D eigenvalue weighted by Crippen LogP contribution is 2.17. The van der Waals surface area contributed by atoms with Crippen molar-refractivity contribution in [1.29, 1.82) is 0 Å². The van der Waals surface area contributed by atoms with E-state index in [0.717, 1.165) is 32.0 Å². The fourth-order valence-electron chi connectivity index (χ4n) is 3.55. The summed E-state index contributed by atoms with van der Waals surface area (Å²) in [5.41, 5.74) is 0.0449. The molecule has 7 heteroatoms. The summed E-state index contributed by atoms with van der Waals surface area (Å²) in [5.74, 6) is -0.741. The zero-order valence-corrected chi connectivity index (χ0v) is 15.7. The molecular weight excluding hydrogens is 357 g/mol. The van der Waals surface area contributed by atoms with Crippen LogP contribution in [0.2, 0.25) is 5.02 Å². The number of hydrogen-bond donors (Lipinski definition) is 0. The van der Waals surface area contributed by atoms with E-state index in [0.29, 0.717) is 32.7 Å². The molecule has 0 atom stereocenters. The zero-order valence-electron chi connectivity index (χ0n) is 14.9. The molecule has 0 saturated carbocycles. The van der Waals surface area contributed by atoms with Gasteiger partial charge in [0.15, 0.2) is 0 Å². The number of benzene rings is 1.